The number of anilines is 1. The average Bonchev–Trinajstić information content (AvgIpc) is 2.35. The second-order valence-corrected chi connectivity index (χ2v) is 5.78. The molecule has 0 fully saturated rings. The first-order chi connectivity index (χ1) is 8.77. The molecule has 4 nitrogen and oxygen atoms in total. The maximum atomic E-state index is 12.1. The van der Waals surface area contributed by atoms with E-state index < -0.39 is 0 Å². The van der Waals surface area contributed by atoms with Gasteiger partial charge < -0.3 is 15.8 Å². The maximum Gasteiger partial charge on any atom is 0.251 e. The molecule has 0 aliphatic rings. The van der Waals surface area contributed by atoms with Gasteiger partial charge in [0.05, 0.1) is 12.8 Å². The van der Waals surface area contributed by atoms with Crippen LogP contribution in [0.5, 0.6) is 5.75 Å². The van der Waals surface area contributed by atoms with Crippen LogP contribution in [0, 0.1) is 11.3 Å². The molecule has 0 aromatic heterocycles. The summed E-state index contributed by atoms with van der Waals surface area (Å²) in [7, 11) is 1.55. The molecule has 0 atom stereocenters. The smallest absolute Gasteiger partial charge is 0.251 e. The van der Waals surface area contributed by atoms with Crippen molar-refractivity contribution in [1.82, 2.24) is 5.32 Å². The average molecular weight is 264 g/mol. The van der Waals surface area contributed by atoms with Crippen molar-refractivity contribution in [1.29, 1.82) is 0 Å². The third kappa shape index (κ3) is 3.88. The second kappa shape index (κ2) is 5.95. The summed E-state index contributed by atoms with van der Waals surface area (Å²) in [6, 6.07) is 5.06. The molecule has 1 amide bonds. The third-order valence-corrected chi connectivity index (χ3v) is 3.76. The number of methoxy groups -OCH3 is 1. The van der Waals surface area contributed by atoms with Crippen LogP contribution in [0.4, 0.5) is 5.69 Å². The number of ether oxygens (including phenoxy) is 1. The number of nitrogens with one attached hydrogen (secondary N) is 1. The lowest BCUT2D eigenvalue weighted by molar-refractivity contribution is 0.0925. The van der Waals surface area contributed by atoms with Crippen LogP contribution < -0.4 is 15.8 Å². The van der Waals surface area contributed by atoms with Crippen LogP contribution in [0.3, 0.4) is 0 Å². The van der Waals surface area contributed by atoms with Crippen molar-refractivity contribution in [3.63, 3.8) is 0 Å². The van der Waals surface area contributed by atoms with Gasteiger partial charge in [0.15, 0.2) is 0 Å². The number of amides is 1. The summed E-state index contributed by atoms with van der Waals surface area (Å²) in [6.45, 7) is 9.21. The second-order valence-electron chi connectivity index (χ2n) is 5.78. The van der Waals surface area contributed by atoms with Gasteiger partial charge in [-0.2, -0.15) is 0 Å². The van der Waals surface area contributed by atoms with Crippen molar-refractivity contribution in [2.75, 3.05) is 19.4 Å². The van der Waals surface area contributed by atoms with Crippen LogP contribution in [0.1, 0.15) is 38.1 Å². The molecular weight excluding hydrogens is 240 g/mol. The molecule has 0 saturated carbocycles. The van der Waals surface area contributed by atoms with Gasteiger partial charge in [-0.15, -0.1) is 0 Å². The highest BCUT2D eigenvalue weighted by Gasteiger charge is 2.23. The van der Waals surface area contributed by atoms with E-state index in [1.165, 1.54) is 0 Å². The summed E-state index contributed by atoms with van der Waals surface area (Å²) in [4.78, 5) is 12.1. The molecule has 0 spiro atoms. The monoisotopic (exact) mass is 264 g/mol. The quantitative estimate of drug-likeness (QED) is 0.804. The van der Waals surface area contributed by atoms with E-state index in [0.29, 0.717) is 29.5 Å². The fourth-order valence-corrected chi connectivity index (χ4v) is 1.49. The van der Waals surface area contributed by atoms with Crippen molar-refractivity contribution in [2.24, 2.45) is 11.3 Å². The Kier molecular flexibility index (Phi) is 4.81. The van der Waals surface area contributed by atoms with Crippen molar-refractivity contribution in [3.8, 4) is 5.75 Å². The molecule has 0 saturated heterocycles. The molecule has 0 radical (unpaired) electrons. The summed E-state index contributed by atoms with van der Waals surface area (Å²) in [6.07, 6.45) is 0. The Morgan fingerprint density at radius 3 is 2.53 bits per heavy atom. The lowest BCUT2D eigenvalue weighted by Gasteiger charge is -2.29. The van der Waals surface area contributed by atoms with Crippen molar-refractivity contribution in [2.45, 2.75) is 27.7 Å². The first-order valence-electron chi connectivity index (χ1n) is 6.49. The first kappa shape index (κ1) is 15.3. The van der Waals surface area contributed by atoms with E-state index >= 15 is 0 Å². The number of rotatable bonds is 5. The highest BCUT2D eigenvalue weighted by Crippen LogP contribution is 2.25. The van der Waals surface area contributed by atoms with Gasteiger partial charge in [-0.1, -0.05) is 27.7 Å². The molecule has 0 bridgehead atoms. The number of nitrogen functional groups attached to an aromatic ring is 1. The topological polar surface area (TPSA) is 64.3 Å². The minimum Gasteiger partial charge on any atom is -0.495 e. The Labute approximate surface area is 115 Å². The molecule has 1 aromatic carbocycles. The van der Waals surface area contributed by atoms with Crippen LogP contribution in [0.15, 0.2) is 18.2 Å². The van der Waals surface area contributed by atoms with E-state index in [-0.39, 0.29) is 11.3 Å². The zero-order valence-corrected chi connectivity index (χ0v) is 12.4. The van der Waals surface area contributed by atoms with E-state index in [9.17, 15) is 4.79 Å². The molecule has 19 heavy (non-hydrogen) atoms. The zero-order valence-electron chi connectivity index (χ0n) is 12.4. The summed E-state index contributed by atoms with van der Waals surface area (Å²) < 4.78 is 5.07. The minimum absolute atomic E-state index is 0.0632. The Morgan fingerprint density at radius 1 is 1.42 bits per heavy atom. The Balaban J connectivity index is 2.72. The van der Waals surface area contributed by atoms with E-state index in [1.54, 1.807) is 25.3 Å². The van der Waals surface area contributed by atoms with Gasteiger partial charge in [0.2, 0.25) is 0 Å². The Hall–Kier alpha value is -1.71. The lowest BCUT2D eigenvalue weighted by atomic mass is 9.81. The van der Waals surface area contributed by atoms with Gasteiger partial charge in [0.1, 0.15) is 5.75 Å². The molecule has 1 aromatic rings. The Bertz CT molecular complexity index is 453. The molecule has 106 valence electrons. The van der Waals surface area contributed by atoms with Crippen molar-refractivity contribution in [3.05, 3.63) is 23.8 Å². The largest absolute Gasteiger partial charge is 0.495 e. The van der Waals surface area contributed by atoms with Crippen molar-refractivity contribution < 1.29 is 9.53 Å². The van der Waals surface area contributed by atoms with Gasteiger partial charge in [-0.05, 0) is 29.5 Å². The fourth-order valence-electron chi connectivity index (χ4n) is 1.49. The van der Waals surface area contributed by atoms with Crippen LogP contribution in [-0.4, -0.2) is 19.6 Å². The van der Waals surface area contributed by atoms with E-state index in [4.69, 9.17) is 10.5 Å². The van der Waals surface area contributed by atoms with Crippen LogP contribution in [0.2, 0.25) is 0 Å². The number of nitrogens with two attached hydrogens (primary N) is 1. The first-order valence-corrected chi connectivity index (χ1v) is 6.49. The highest BCUT2D eigenvalue weighted by atomic mass is 16.5. The standard InChI is InChI=1S/C15H24N2O2/c1-10(2)15(3,4)9-17-14(18)11-6-7-13(19-5)12(16)8-11/h6-8,10H,9,16H2,1-5H3,(H,17,18). The number of hydrogen-bond donors (Lipinski definition) is 2. The molecule has 0 aliphatic heterocycles. The van der Waals surface area contributed by atoms with Gasteiger partial charge in [-0.3, -0.25) is 4.79 Å². The molecular formula is C15H24N2O2. The summed E-state index contributed by atoms with van der Waals surface area (Å²) in [5.41, 5.74) is 6.88. The van der Waals surface area contributed by atoms with Crippen LogP contribution in [0.25, 0.3) is 0 Å². The highest BCUT2D eigenvalue weighted by molar-refractivity contribution is 5.95. The van der Waals surface area contributed by atoms with E-state index in [1.807, 2.05) is 0 Å². The third-order valence-electron chi connectivity index (χ3n) is 3.76. The lowest BCUT2D eigenvalue weighted by Crippen LogP contribution is -2.36. The summed E-state index contributed by atoms with van der Waals surface area (Å²) in [5.74, 6) is 0.968. The zero-order chi connectivity index (χ0) is 14.6. The summed E-state index contributed by atoms with van der Waals surface area (Å²) >= 11 is 0. The van der Waals surface area contributed by atoms with Gasteiger partial charge in [-0.25, -0.2) is 0 Å². The summed E-state index contributed by atoms with van der Waals surface area (Å²) in [5, 5.41) is 2.95. The van der Waals surface area contributed by atoms with Crippen LogP contribution >= 0.6 is 0 Å². The van der Waals surface area contributed by atoms with Gasteiger partial charge in [0, 0.05) is 12.1 Å². The molecule has 0 unspecified atom stereocenters. The van der Waals surface area contributed by atoms with E-state index in [0.717, 1.165) is 0 Å². The number of hydrogen-bond acceptors (Lipinski definition) is 3. The van der Waals surface area contributed by atoms with Crippen LogP contribution in [-0.2, 0) is 0 Å². The van der Waals surface area contributed by atoms with E-state index in [2.05, 4.69) is 33.0 Å². The maximum absolute atomic E-state index is 12.1. The molecule has 1 rings (SSSR count). The fraction of sp³-hybridized carbons (Fsp3) is 0.533. The Morgan fingerprint density at radius 2 is 2.05 bits per heavy atom. The van der Waals surface area contributed by atoms with Crippen molar-refractivity contribution >= 4 is 11.6 Å². The predicted molar refractivity (Wildman–Crippen MR) is 78.4 cm³/mol. The normalized spacial score (nSPS) is 11.5. The molecule has 4 heteroatoms. The van der Waals surface area contributed by atoms with Gasteiger partial charge >= 0.3 is 0 Å². The molecule has 3 N–H and O–H groups in total. The minimum atomic E-state index is -0.108. The number of carbonyl (C=O) groups excluding carboxylic acids is 1. The number of carbonyl (C=O) groups is 1. The van der Waals surface area contributed by atoms with Gasteiger partial charge in [0.25, 0.3) is 5.91 Å². The molecule has 0 heterocycles. The molecule has 0 aliphatic carbocycles. The number of benzene rings is 1. The SMILES string of the molecule is COc1ccc(C(=O)NCC(C)(C)C(C)C)cc1N. The predicted octanol–water partition coefficient (Wildman–Crippen LogP) is 2.69.